The molecule has 3 atom stereocenters. The van der Waals surface area contributed by atoms with Crippen LogP contribution in [-0.2, 0) is 9.59 Å². The summed E-state index contributed by atoms with van der Waals surface area (Å²) in [6.45, 7) is 0. The van der Waals surface area contributed by atoms with E-state index in [1.54, 1.807) is 0 Å². The molecule has 2 bridgehead atoms. The van der Waals surface area contributed by atoms with E-state index in [1.807, 2.05) is 42.5 Å². The number of imidazole rings is 1. The predicted molar refractivity (Wildman–Crippen MR) is 130 cm³/mol. The third kappa shape index (κ3) is 4.03. The van der Waals surface area contributed by atoms with E-state index in [2.05, 4.69) is 15.6 Å². The van der Waals surface area contributed by atoms with Crippen molar-refractivity contribution in [2.45, 2.75) is 51.4 Å². The molecule has 6 nitrogen and oxygen atoms in total. The Bertz CT molecular complexity index is 1190. The van der Waals surface area contributed by atoms with Crippen LogP contribution in [0.1, 0.15) is 51.4 Å². The van der Waals surface area contributed by atoms with Crippen LogP contribution in [0.15, 0.2) is 42.5 Å². The lowest BCUT2D eigenvalue weighted by molar-refractivity contribution is -0.121. The van der Waals surface area contributed by atoms with Crippen molar-refractivity contribution in [1.29, 1.82) is 0 Å². The molecule has 3 fully saturated rings. The fraction of sp³-hybridized carbons (Fsp3) is 0.444. The minimum Gasteiger partial charge on any atom is -0.338 e. The van der Waals surface area contributed by atoms with Gasteiger partial charge in [-0.3, -0.25) is 9.59 Å². The van der Waals surface area contributed by atoms with Gasteiger partial charge < -0.3 is 15.6 Å². The molecular formula is C27H30N4O2. The van der Waals surface area contributed by atoms with Crippen LogP contribution >= 0.6 is 0 Å². The van der Waals surface area contributed by atoms with Crippen LogP contribution in [0.3, 0.4) is 0 Å². The van der Waals surface area contributed by atoms with Crippen molar-refractivity contribution in [3.05, 3.63) is 42.5 Å². The molecule has 1 aromatic heterocycles. The van der Waals surface area contributed by atoms with Crippen LogP contribution < -0.4 is 10.6 Å². The van der Waals surface area contributed by atoms with E-state index in [-0.39, 0.29) is 23.7 Å². The van der Waals surface area contributed by atoms with E-state index in [1.165, 1.54) is 19.3 Å². The molecule has 6 heteroatoms. The van der Waals surface area contributed by atoms with Gasteiger partial charge in [0, 0.05) is 28.8 Å². The molecule has 3 saturated carbocycles. The number of amides is 2. The predicted octanol–water partition coefficient (Wildman–Crippen LogP) is 5.73. The molecule has 170 valence electrons. The van der Waals surface area contributed by atoms with Crippen LogP contribution in [-0.4, -0.2) is 21.8 Å². The number of hydrogen-bond donors (Lipinski definition) is 3. The molecule has 2 aromatic carbocycles. The van der Waals surface area contributed by atoms with Gasteiger partial charge in [0.1, 0.15) is 5.82 Å². The normalized spacial score (nSPS) is 24.4. The van der Waals surface area contributed by atoms with Gasteiger partial charge in [-0.05, 0) is 86.4 Å². The number of H-pyrrole nitrogens is 1. The molecule has 6 rings (SSSR count). The van der Waals surface area contributed by atoms with Gasteiger partial charge in [0.15, 0.2) is 0 Å². The number of benzene rings is 2. The molecule has 1 heterocycles. The van der Waals surface area contributed by atoms with Gasteiger partial charge in [0.05, 0.1) is 11.0 Å². The summed E-state index contributed by atoms with van der Waals surface area (Å²) in [5, 5.41) is 6.17. The van der Waals surface area contributed by atoms with Crippen LogP contribution in [0.4, 0.5) is 11.4 Å². The summed E-state index contributed by atoms with van der Waals surface area (Å²) in [4.78, 5) is 33.2. The quantitative estimate of drug-likeness (QED) is 0.471. The number of fused-ring (bicyclic) bond motifs is 3. The van der Waals surface area contributed by atoms with Gasteiger partial charge >= 0.3 is 0 Å². The zero-order valence-corrected chi connectivity index (χ0v) is 18.8. The average Bonchev–Trinajstić information content (AvgIpc) is 3.63. The van der Waals surface area contributed by atoms with Crippen molar-refractivity contribution in [1.82, 2.24) is 9.97 Å². The zero-order chi connectivity index (χ0) is 22.4. The smallest absolute Gasteiger partial charge is 0.227 e. The van der Waals surface area contributed by atoms with Crippen molar-refractivity contribution in [2.24, 2.45) is 23.7 Å². The lowest BCUT2D eigenvalue weighted by atomic mass is 9.88. The summed E-state index contributed by atoms with van der Waals surface area (Å²) >= 11 is 0. The van der Waals surface area contributed by atoms with Crippen molar-refractivity contribution < 1.29 is 9.59 Å². The number of carbonyl (C=O) groups is 2. The van der Waals surface area contributed by atoms with Crippen molar-refractivity contribution in [3.8, 4) is 11.4 Å². The van der Waals surface area contributed by atoms with Crippen molar-refractivity contribution in [3.63, 3.8) is 0 Å². The van der Waals surface area contributed by atoms with E-state index < -0.39 is 0 Å². The maximum Gasteiger partial charge on any atom is 0.227 e. The van der Waals surface area contributed by atoms with E-state index in [9.17, 15) is 9.59 Å². The molecule has 3 N–H and O–H groups in total. The van der Waals surface area contributed by atoms with Crippen molar-refractivity contribution >= 4 is 34.2 Å². The first-order valence-electron chi connectivity index (χ1n) is 12.3. The van der Waals surface area contributed by atoms with Gasteiger partial charge in [-0.15, -0.1) is 0 Å². The maximum absolute atomic E-state index is 12.8. The first-order chi connectivity index (χ1) is 16.1. The van der Waals surface area contributed by atoms with Gasteiger partial charge in [-0.1, -0.05) is 19.3 Å². The number of aromatic amines is 1. The third-order valence-corrected chi connectivity index (χ3v) is 7.98. The zero-order valence-electron chi connectivity index (χ0n) is 18.8. The van der Waals surface area contributed by atoms with Crippen LogP contribution in [0.2, 0.25) is 0 Å². The number of nitrogens with zero attached hydrogens (tertiary/aromatic N) is 1. The maximum atomic E-state index is 12.8. The number of nitrogens with one attached hydrogen (secondary N) is 3. The highest BCUT2D eigenvalue weighted by Crippen LogP contribution is 2.48. The molecule has 2 unspecified atom stereocenters. The van der Waals surface area contributed by atoms with Gasteiger partial charge in [0.2, 0.25) is 11.8 Å². The molecule has 0 aliphatic heterocycles. The Morgan fingerprint density at radius 3 is 2.33 bits per heavy atom. The number of rotatable bonds is 5. The van der Waals surface area contributed by atoms with E-state index in [0.29, 0.717) is 5.92 Å². The SMILES string of the molecule is O=C(Nc1ccc(-c2nc3ccc(NC(=O)C4C[C@H]5CCC4C5)cc3[nH]2)cc1)C1CCCC1. The highest BCUT2D eigenvalue weighted by atomic mass is 16.2. The Kier molecular flexibility index (Phi) is 5.16. The topological polar surface area (TPSA) is 86.9 Å². The van der Waals surface area contributed by atoms with Crippen LogP contribution in [0.25, 0.3) is 22.4 Å². The largest absolute Gasteiger partial charge is 0.338 e. The van der Waals surface area contributed by atoms with E-state index in [4.69, 9.17) is 4.98 Å². The molecule has 0 spiro atoms. The second kappa shape index (κ2) is 8.32. The summed E-state index contributed by atoms with van der Waals surface area (Å²) < 4.78 is 0. The van der Waals surface area contributed by atoms with Crippen LogP contribution in [0.5, 0.6) is 0 Å². The molecule has 33 heavy (non-hydrogen) atoms. The standard InChI is InChI=1S/C27H30N4O2/c32-26(18-3-1-2-4-18)28-20-9-7-17(8-10-20)25-30-23-12-11-21(15-24(23)31-25)29-27(33)22-14-16-5-6-19(22)13-16/h7-12,15-16,18-19,22H,1-6,13-14H2,(H,28,32)(H,29,33)(H,30,31)/t16-,19?,22?/m0/s1. The Morgan fingerprint density at radius 2 is 1.61 bits per heavy atom. The molecule has 0 saturated heterocycles. The third-order valence-electron chi connectivity index (χ3n) is 7.98. The Balaban J connectivity index is 1.14. The average molecular weight is 443 g/mol. The monoisotopic (exact) mass is 442 g/mol. The fourth-order valence-electron chi connectivity index (χ4n) is 6.17. The molecule has 3 aliphatic rings. The highest BCUT2D eigenvalue weighted by Gasteiger charge is 2.43. The summed E-state index contributed by atoms with van der Waals surface area (Å²) in [5.41, 5.74) is 4.35. The number of aromatic nitrogens is 2. The summed E-state index contributed by atoms with van der Waals surface area (Å²) in [6.07, 6.45) is 9.06. The molecular weight excluding hydrogens is 412 g/mol. The van der Waals surface area contributed by atoms with E-state index >= 15 is 0 Å². The Labute approximate surface area is 193 Å². The number of carbonyl (C=O) groups excluding carboxylic acids is 2. The summed E-state index contributed by atoms with van der Waals surface area (Å²) in [6, 6.07) is 13.6. The Morgan fingerprint density at radius 1 is 0.848 bits per heavy atom. The fourth-order valence-corrected chi connectivity index (χ4v) is 6.17. The first kappa shape index (κ1) is 20.5. The minimum atomic E-state index is 0.129. The lowest BCUT2D eigenvalue weighted by Crippen LogP contribution is -2.27. The van der Waals surface area contributed by atoms with E-state index in [0.717, 1.165) is 71.8 Å². The van der Waals surface area contributed by atoms with Gasteiger partial charge in [-0.2, -0.15) is 0 Å². The lowest BCUT2D eigenvalue weighted by Gasteiger charge is -2.20. The minimum absolute atomic E-state index is 0.129. The van der Waals surface area contributed by atoms with Crippen molar-refractivity contribution in [2.75, 3.05) is 10.6 Å². The number of hydrogen-bond acceptors (Lipinski definition) is 3. The second-order valence-electron chi connectivity index (χ2n) is 10.1. The van der Waals surface area contributed by atoms with Gasteiger partial charge in [-0.25, -0.2) is 4.98 Å². The van der Waals surface area contributed by atoms with Crippen LogP contribution in [0, 0.1) is 23.7 Å². The summed E-state index contributed by atoms with van der Waals surface area (Å²) in [7, 11) is 0. The molecule has 3 aromatic rings. The molecule has 0 radical (unpaired) electrons. The molecule has 2 amide bonds. The highest BCUT2D eigenvalue weighted by molar-refractivity contribution is 5.95. The van der Waals surface area contributed by atoms with Gasteiger partial charge in [0.25, 0.3) is 0 Å². The first-order valence-corrected chi connectivity index (χ1v) is 12.3. The number of anilines is 2. The Hall–Kier alpha value is -3.15. The summed E-state index contributed by atoms with van der Waals surface area (Å²) in [5.74, 6) is 2.72. The second-order valence-corrected chi connectivity index (χ2v) is 10.1. The molecule has 3 aliphatic carbocycles.